The summed E-state index contributed by atoms with van der Waals surface area (Å²) in [7, 11) is 0. The summed E-state index contributed by atoms with van der Waals surface area (Å²) in [6.45, 7) is 9.56. The highest BCUT2D eigenvalue weighted by Gasteiger charge is 2.23. The second-order valence-corrected chi connectivity index (χ2v) is 10.3. The molecule has 0 saturated carbocycles. The molecule has 0 aliphatic heterocycles. The van der Waals surface area contributed by atoms with E-state index in [0.717, 1.165) is 63.4 Å². The molecule has 1 aromatic rings. The number of rotatable bonds is 22. The molecule has 36 heavy (non-hydrogen) atoms. The van der Waals surface area contributed by atoms with Gasteiger partial charge in [-0.3, -0.25) is 0 Å². The summed E-state index contributed by atoms with van der Waals surface area (Å²) < 4.78 is 11.4. The van der Waals surface area contributed by atoms with Crippen molar-refractivity contribution in [1.29, 1.82) is 0 Å². The molecule has 0 spiro atoms. The Bertz CT molecular complexity index is 712. The maximum atomic E-state index is 13.2. The highest BCUT2D eigenvalue weighted by atomic mass is 16.5. The fourth-order valence-electron chi connectivity index (χ4n) is 4.60. The average Bonchev–Trinajstić information content (AvgIpc) is 2.89. The normalized spacial score (nSPS) is 11.9. The van der Waals surface area contributed by atoms with Crippen LogP contribution in [0.15, 0.2) is 18.2 Å². The lowest BCUT2D eigenvalue weighted by Gasteiger charge is -2.17. The predicted octanol–water partition coefficient (Wildman–Crippen LogP) is 9.48. The molecule has 0 radical (unpaired) electrons. The largest absolute Gasteiger partial charge is 0.462 e. The van der Waals surface area contributed by atoms with Gasteiger partial charge in [0, 0.05) is 0 Å². The van der Waals surface area contributed by atoms with Gasteiger partial charge < -0.3 is 9.47 Å². The highest BCUT2D eigenvalue weighted by molar-refractivity contribution is 6.04. The van der Waals surface area contributed by atoms with Gasteiger partial charge in [0.05, 0.1) is 24.3 Å². The number of aryl methyl sites for hydroxylation is 1. The van der Waals surface area contributed by atoms with Crippen molar-refractivity contribution in [3.8, 4) is 0 Å². The van der Waals surface area contributed by atoms with E-state index in [0.29, 0.717) is 30.3 Å². The molecular formula is C32H54O4. The maximum absolute atomic E-state index is 13.2. The minimum absolute atomic E-state index is 0.358. The van der Waals surface area contributed by atoms with E-state index in [1.165, 1.54) is 51.4 Å². The first kappa shape index (κ1) is 32.2. The first-order valence-corrected chi connectivity index (χ1v) is 15.0. The van der Waals surface area contributed by atoms with Crippen LogP contribution in [0.3, 0.4) is 0 Å². The van der Waals surface area contributed by atoms with Crippen molar-refractivity contribution in [2.45, 2.75) is 137 Å². The van der Waals surface area contributed by atoms with Gasteiger partial charge in [0.25, 0.3) is 0 Å². The van der Waals surface area contributed by atoms with Gasteiger partial charge in [-0.15, -0.1) is 0 Å². The number of ether oxygens (including phenoxy) is 2. The molecule has 0 heterocycles. The van der Waals surface area contributed by atoms with E-state index in [2.05, 4.69) is 27.7 Å². The fourth-order valence-corrected chi connectivity index (χ4v) is 4.60. The average molecular weight is 503 g/mol. The van der Waals surface area contributed by atoms with Crippen molar-refractivity contribution >= 4 is 11.9 Å². The summed E-state index contributed by atoms with van der Waals surface area (Å²) in [6.07, 6.45) is 19.0. The van der Waals surface area contributed by atoms with Gasteiger partial charge in [-0.1, -0.05) is 123 Å². The first-order chi connectivity index (χ1) is 17.6. The summed E-state index contributed by atoms with van der Waals surface area (Å²) in [6, 6.07) is 5.57. The van der Waals surface area contributed by atoms with E-state index >= 15 is 0 Å². The molecule has 4 nitrogen and oxygen atoms in total. The first-order valence-electron chi connectivity index (χ1n) is 15.0. The van der Waals surface area contributed by atoms with Gasteiger partial charge in [0.2, 0.25) is 0 Å². The molecule has 0 aliphatic rings. The standard InChI is InChI=1S/C32H54O4/c1-5-9-12-14-16-18-22-28-23-20-24-29(31(33)36-26-27(8-4)21-11-7-3)30(28)32(34)35-25-19-17-15-13-10-6-2/h20,23-24,27H,5-19,21-22,25-26H2,1-4H3. The molecule has 1 unspecified atom stereocenters. The number of esters is 2. The summed E-state index contributed by atoms with van der Waals surface area (Å²) in [5.41, 5.74) is 1.69. The molecule has 206 valence electrons. The molecule has 0 fully saturated rings. The highest BCUT2D eigenvalue weighted by Crippen LogP contribution is 2.22. The number of carbonyl (C=O) groups is 2. The molecule has 0 saturated heterocycles. The van der Waals surface area contributed by atoms with E-state index < -0.39 is 5.97 Å². The Balaban J connectivity index is 2.85. The number of unbranched alkanes of at least 4 members (excludes halogenated alkanes) is 11. The van der Waals surface area contributed by atoms with Gasteiger partial charge >= 0.3 is 11.9 Å². The number of hydrogen-bond donors (Lipinski definition) is 0. The van der Waals surface area contributed by atoms with Crippen molar-refractivity contribution < 1.29 is 19.1 Å². The molecule has 0 amide bonds. The zero-order chi connectivity index (χ0) is 26.4. The van der Waals surface area contributed by atoms with Crippen molar-refractivity contribution in [3.05, 3.63) is 34.9 Å². The lowest BCUT2D eigenvalue weighted by atomic mass is 9.96. The Morgan fingerprint density at radius 1 is 0.694 bits per heavy atom. The minimum atomic E-state index is -0.402. The van der Waals surface area contributed by atoms with E-state index in [4.69, 9.17) is 9.47 Å². The third-order valence-corrected chi connectivity index (χ3v) is 7.10. The lowest BCUT2D eigenvalue weighted by Crippen LogP contribution is -2.19. The molecule has 0 N–H and O–H groups in total. The predicted molar refractivity (Wildman–Crippen MR) is 151 cm³/mol. The summed E-state index contributed by atoms with van der Waals surface area (Å²) in [5, 5.41) is 0. The number of benzene rings is 1. The van der Waals surface area contributed by atoms with Crippen molar-refractivity contribution in [2.75, 3.05) is 13.2 Å². The topological polar surface area (TPSA) is 52.6 Å². The van der Waals surface area contributed by atoms with Crippen molar-refractivity contribution in [3.63, 3.8) is 0 Å². The second-order valence-electron chi connectivity index (χ2n) is 10.3. The maximum Gasteiger partial charge on any atom is 0.339 e. The Labute approximate surface area is 221 Å². The Morgan fingerprint density at radius 2 is 1.31 bits per heavy atom. The Hall–Kier alpha value is -1.84. The molecule has 0 aromatic heterocycles. The van der Waals surface area contributed by atoms with Crippen LogP contribution in [0.25, 0.3) is 0 Å². The monoisotopic (exact) mass is 502 g/mol. The van der Waals surface area contributed by atoms with Gasteiger partial charge in [0.1, 0.15) is 0 Å². The molecule has 0 aliphatic carbocycles. The summed E-state index contributed by atoms with van der Waals surface area (Å²) >= 11 is 0. The van der Waals surface area contributed by atoms with Crippen LogP contribution in [0, 0.1) is 5.92 Å². The van der Waals surface area contributed by atoms with E-state index in [1.54, 1.807) is 6.07 Å². The number of hydrogen-bond acceptors (Lipinski definition) is 4. The van der Waals surface area contributed by atoms with Crippen LogP contribution in [0.5, 0.6) is 0 Å². The zero-order valence-electron chi connectivity index (χ0n) is 23.9. The van der Waals surface area contributed by atoms with Crippen molar-refractivity contribution in [2.24, 2.45) is 5.92 Å². The van der Waals surface area contributed by atoms with Gasteiger partial charge in [-0.25, -0.2) is 9.59 Å². The zero-order valence-corrected chi connectivity index (χ0v) is 23.9. The van der Waals surface area contributed by atoms with Gasteiger partial charge in [-0.2, -0.15) is 0 Å². The second kappa shape index (κ2) is 21.3. The van der Waals surface area contributed by atoms with Crippen LogP contribution in [0.1, 0.15) is 157 Å². The lowest BCUT2D eigenvalue weighted by molar-refractivity contribution is 0.0404. The van der Waals surface area contributed by atoms with Gasteiger partial charge in [-0.05, 0) is 43.2 Å². The molecule has 4 heteroatoms. The van der Waals surface area contributed by atoms with Crippen molar-refractivity contribution in [1.82, 2.24) is 0 Å². The Morgan fingerprint density at radius 3 is 1.94 bits per heavy atom. The molecule has 1 atom stereocenters. The molecular weight excluding hydrogens is 448 g/mol. The summed E-state index contributed by atoms with van der Waals surface area (Å²) in [5.74, 6) is -0.417. The Kier molecular flexibility index (Phi) is 19.0. The molecule has 1 aromatic carbocycles. The summed E-state index contributed by atoms with van der Waals surface area (Å²) in [4.78, 5) is 26.3. The van der Waals surface area contributed by atoms with Crippen LogP contribution < -0.4 is 0 Å². The number of carbonyl (C=O) groups excluding carboxylic acids is 2. The van der Waals surface area contributed by atoms with E-state index in [9.17, 15) is 9.59 Å². The minimum Gasteiger partial charge on any atom is -0.462 e. The van der Waals surface area contributed by atoms with Crippen LogP contribution in [0.2, 0.25) is 0 Å². The van der Waals surface area contributed by atoms with Crippen LogP contribution in [0.4, 0.5) is 0 Å². The quantitative estimate of drug-likeness (QED) is 0.117. The van der Waals surface area contributed by atoms with Crippen LogP contribution in [-0.2, 0) is 15.9 Å². The smallest absolute Gasteiger partial charge is 0.339 e. The fraction of sp³-hybridized carbons (Fsp3) is 0.750. The third-order valence-electron chi connectivity index (χ3n) is 7.10. The molecule has 0 bridgehead atoms. The van der Waals surface area contributed by atoms with Crippen LogP contribution in [-0.4, -0.2) is 25.2 Å². The SMILES string of the molecule is CCCCCCCCOC(=O)c1c(CCCCCCCC)cccc1C(=O)OCC(CC)CCCC. The van der Waals surface area contributed by atoms with E-state index in [1.807, 2.05) is 12.1 Å². The van der Waals surface area contributed by atoms with E-state index in [-0.39, 0.29) is 5.97 Å². The molecule has 1 rings (SSSR count). The third kappa shape index (κ3) is 13.5. The van der Waals surface area contributed by atoms with Crippen LogP contribution >= 0.6 is 0 Å². The van der Waals surface area contributed by atoms with Gasteiger partial charge in [0.15, 0.2) is 0 Å².